The fourth-order valence-electron chi connectivity index (χ4n) is 3.87. The molecule has 3 N–H and O–H groups in total. The number of hydrogen-bond donors (Lipinski definition) is 2. The molecular weight excluding hydrogens is 510 g/mol. The Bertz CT molecular complexity index is 1550. The van der Waals surface area contributed by atoms with Crippen LogP contribution in [0.25, 0.3) is 10.2 Å². The summed E-state index contributed by atoms with van der Waals surface area (Å²) in [5.41, 5.74) is 5.57. The van der Waals surface area contributed by atoms with Crippen molar-refractivity contribution in [2.45, 2.75) is 31.9 Å². The van der Waals surface area contributed by atoms with Crippen LogP contribution in [-0.4, -0.2) is 31.5 Å². The first-order chi connectivity index (χ1) is 17.7. The van der Waals surface area contributed by atoms with E-state index < -0.39 is 28.9 Å². The van der Waals surface area contributed by atoms with Crippen LogP contribution in [0.4, 0.5) is 20.2 Å². The van der Waals surface area contributed by atoms with Crippen LogP contribution in [-0.2, 0) is 6.73 Å². The number of nitrogens with one attached hydrogen (secondary N) is 1. The van der Waals surface area contributed by atoms with Crippen molar-refractivity contribution in [3.63, 3.8) is 0 Å². The second-order valence-corrected chi connectivity index (χ2v) is 9.25. The monoisotopic (exact) mass is 528 g/mol. The third-order valence-electron chi connectivity index (χ3n) is 5.70. The molecule has 0 unspecified atom stereocenters. The lowest BCUT2D eigenvalue weighted by Gasteiger charge is -2.09. The van der Waals surface area contributed by atoms with E-state index in [9.17, 15) is 28.5 Å². The van der Waals surface area contributed by atoms with Crippen LogP contribution < -0.4 is 15.8 Å². The van der Waals surface area contributed by atoms with Crippen LogP contribution in [0.15, 0.2) is 42.6 Å². The van der Waals surface area contributed by atoms with E-state index in [1.54, 1.807) is 6.07 Å². The van der Waals surface area contributed by atoms with Gasteiger partial charge in [-0.1, -0.05) is 12.1 Å². The Kier molecular flexibility index (Phi) is 6.25. The number of aromatic nitrogens is 3. The van der Waals surface area contributed by atoms with Crippen molar-refractivity contribution < 1.29 is 28.0 Å². The second-order valence-electron chi connectivity index (χ2n) is 8.25. The number of fused-ring (bicyclic) bond motifs is 1. The molecule has 0 bridgehead atoms. The molecule has 1 aromatic carbocycles. The molecule has 1 saturated carbocycles. The highest BCUT2D eigenvalue weighted by Crippen LogP contribution is 2.48. The van der Waals surface area contributed by atoms with E-state index in [1.165, 1.54) is 41.2 Å². The van der Waals surface area contributed by atoms with E-state index in [1.807, 2.05) is 0 Å². The summed E-state index contributed by atoms with van der Waals surface area (Å²) < 4.78 is 33.6. The molecule has 37 heavy (non-hydrogen) atoms. The van der Waals surface area contributed by atoms with Crippen molar-refractivity contribution in [3.8, 4) is 5.75 Å². The second kappa shape index (κ2) is 9.54. The Morgan fingerprint density at radius 3 is 2.73 bits per heavy atom. The number of rotatable bonds is 9. The predicted octanol–water partition coefficient (Wildman–Crippen LogP) is 4.60. The van der Waals surface area contributed by atoms with E-state index in [-0.39, 0.29) is 45.2 Å². The SMILES string of the molecule is NC(=O)c1sc2nc(C(F)F)cc(C3CC3)c2c1NC(=O)c1ccn(COc2ccccc2[N+](=O)[O-])n1. The number of nitrogens with two attached hydrogens (primary N) is 1. The van der Waals surface area contributed by atoms with Crippen molar-refractivity contribution >= 4 is 44.7 Å². The highest BCUT2D eigenvalue weighted by molar-refractivity contribution is 7.21. The van der Waals surface area contributed by atoms with Gasteiger partial charge in [0.05, 0.1) is 10.6 Å². The molecule has 14 heteroatoms. The van der Waals surface area contributed by atoms with Gasteiger partial charge in [0, 0.05) is 17.6 Å². The Labute approximate surface area is 211 Å². The summed E-state index contributed by atoms with van der Waals surface area (Å²) in [6.45, 7) is -0.210. The van der Waals surface area contributed by atoms with E-state index in [0.29, 0.717) is 10.9 Å². The summed E-state index contributed by atoms with van der Waals surface area (Å²) in [5, 5.41) is 18.3. The van der Waals surface area contributed by atoms with Gasteiger partial charge in [-0.25, -0.2) is 18.4 Å². The van der Waals surface area contributed by atoms with Crippen LogP contribution in [0.5, 0.6) is 5.75 Å². The zero-order chi connectivity index (χ0) is 26.3. The average Bonchev–Trinajstić information content (AvgIpc) is 3.49. The third kappa shape index (κ3) is 4.82. The average molecular weight is 528 g/mol. The molecule has 2 amide bonds. The first-order valence-electron chi connectivity index (χ1n) is 11.0. The maximum atomic E-state index is 13.4. The number of pyridine rings is 1. The van der Waals surface area contributed by atoms with Gasteiger partial charge in [0.15, 0.2) is 18.2 Å². The van der Waals surface area contributed by atoms with E-state index >= 15 is 0 Å². The minimum absolute atomic E-state index is 0.0108. The van der Waals surface area contributed by atoms with E-state index in [2.05, 4.69) is 15.4 Å². The number of carbonyl (C=O) groups excluding carboxylic acids is 2. The summed E-state index contributed by atoms with van der Waals surface area (Å²) in [6.07, 6.45) is 0.237. The van der Waals surface area contributed by atoms with Crippen LogP contribution in [0, 0.1) is 10.1 Å². The number of nitro groups is 1. The molecule has 11 nitrogen and oxygen atoms in total. The molecule has 0 radical (unpaired) electrons. The zero-order valence-electron chi connectivity index (χ0n) is 18.9. The topological polar surface area (TPSA) is 155 Å². The van der Waals surface area contributed by atoms with Crippen LogP contribution in [0.1, 0.15) is 56.6 Å². The minimum Gasteiger partial charge on any atom is -0.464 e. The third-order valence-corrected chi connectivity index (χ3v) is 6.80. The number of thiophene rings is 1. The zero-order valence-corrected chi connectivity index (χ0v) is 19.7. The quantitative estimate of drug-likeness (QED) is 0.237. The molecule has 3 heterocycles. The number of alkyl halides is 2. The number of ether oxygens (including phenoxy) is 1. The number of amides is 2. The Morgan fingerprint density at radius 2 is 2.05 bits per heavy atom. The predicted molar refractivity (Wildman–Crippen MR) is 129 cm³/mol. The normalized spacial score (nSPS) is 13.2. The van der Waals surface area contributed by atoms with Crippen LogP contribution >= 0.6 is 11.3 Å². The Balaban J connectivity index is 1.41. The number of carbonyl (C=O) groups is 2. The van der Waals surface area contributed by atoms with Crippen molar-refractivity contribution in [2.24, 2.45) is 5.73 Å². The number of nitro benzene ring substituents is 1. The standard InChI is InChI=1S/C23H18F2N6O5S/c24-20(25)14-9-12(11-5-6-11)17-18(19(21(26)32)37-23(17)27-14)28-22(33)13-7-8-30(29-13)10-36-16-4-2-1-3-15(16)31(34)35/h1-4,7-9,11,20H,5-6,10H2,(H2,26,32)(H,28,33). The number of primary amides is 1. The summed E-state index contributed by atoms with van der Waals surface area (Å²) in [4.78, 5) is 39.9. The van der Waals surface area contributed by atoms with Crippen LogP contribution in [0.3, 0.4) is 0 Å². The van der Waals surface area contributed by atoms with Gasteiger partial charge in [0.2, 0.25) is 0 Å². The van der Waals surface area contributed by atoms with Gasteiger partial charge >= 0.3 is 5.69 Å². The lowest BCUT2D eigenvalue weighted by Crippen LogP contribution is -2.18. The highest BCUT2D eigenvalue weighted by Gasteiger charge is 2.32. The molecule has 3 aromatic heterocycles. The smallest absolute Gasteiger partial charge is 0.311 e. The molecule has 5 rings (SSSR count). The van der Waals surface area contributed by atoms with Crippen molar-refractivity contribution in [3.05, 3.63) is 74.5 Å². The number of benzene rings is 1. The molecule has 0 aliphatic heterocycles. The fourth-order valence-corrected chi connectivity index (χ4v) is 4.89. The Hall–Kier alpha value is -4.46. The van der Waals surface area contributed by atoms with Crippen molar-refractivity contribution in [1.82, 2.24) is 14.8 Å². The lowest BCUT2D eigenvalue weighted by molar-refractivity contribution is -0.386. The van der Waals surface area contributed by atoms with Gasteiger partial charge in [-0.05, 0) is 42.5 Å². The van der Waals surface area contributed by atoms with E-state index in [4.69, 9.17) is 10.5 Å². The summed E-state index contributed by atoms with van der Waals surface area (Å²) in [5.74, 6) is -1.45. The molecular formula is C23H18F2N6O5S. The largest absolute Gasteiger partial charge is 0.464 e. The number of para-hydroxylation sites is 2. The molecule has 1 aliphatic carbocycles. The molecule has 4 aromatic rings. The lowest BCUT2D eigenvalue weighted by atomic mass is 10.0. The maximum absolute atomic E-state index is 13.4. The first kappa shape index (κ1) is 24.2. The summed E-state index contributed by atoms with van der Waals surface area (Å²) >= 11 is 0.840. The molecule has 190 valence electrons. The first-order valence-corrected chi connectivity index (χ1v) is 11.8. The van der Waals surface area contributed by atoms with Gasteiger partial charge < -0.3 is 15.8 Å². The molecule has 0 saturated heterocycles. The molecule has 1 aliphatic rings. The molecule has 0 spiro atoms. The molecule has 1 fully saturated rings. The van der Waals surface area contributed by atoms with Gasteiger partial charge in [-0.3, -0.25) is 19.7 Å². The van der Waals surface area contributed by atoms with Gasteiger partial charge in [-0.2, -0.15) is 5.10 Å². The van der Waals surface area contributed by atoms with Crippen molar-refractivity contribution in [1.29, 1.82) is 0 Å². The highest BCUT2D eigenvalue weighted by atomic mass is 32.1. The molecule has 0 atom stereocenters. The number of anilines is 1. The minimum atomic E-state index is -2.79. The summed E-state index contributed by atoms with van der Waals surface area (Å²) in [6, 6.07) is 8.54. The fraction of sp³-hybridized carbons (Fsp3) is 0.217. The summed E-state index contributed by atoms with van der Waals surface area (Å²) in [7, 11) is 0. The van der Waals surface area contributed by atoms with Gasteiger partial charge in [0.25, 0.3) is 18.2 Å². The Morgan fingerprint density at radius 1 is 1.30 bits per heavy atom. The van der Waals surface area contributed by atoms with Crippen molar-refractivity contribution in [2.75, 3.05) is 5.32 Å². The van der Waals surface area contributed by atoms with Gasteiger partial charge in [-0.15, -0.1) is 11.3 Å². The maximum Gasteiger partial charge on any atom is 0.311 e. The number of halogens is 2. The van der Waals surface area contributed by atoms with E-state index in [0.717, 1.165) is 24.2 Å². The van der Waals surface area contributed by atoms with Crippen LogP contribution in [0.2, 0.25) is 0 Å². The number of nitrogens with zero attached hydrogens (tertiary/aromatic N) is 4. The number of hydrogen-bond acceptors (Lipinski definition) is 8. The van der Waals surface area contributed by atoms with Gasteiger partial charge in [0.1, 0.15) is 15.4 Å².